The Kier molecular flexibility index (Phi) is 4.68. The molecule has 2 rings (SSSR count). The third-order valence-corrected chi connectivity index (χ3v) is 3.47. The van der Waals surface area contributed by atoms with Crippen molar-refractivity contribution in [3.8, 4) is 0 Å². The molecule has 4 N–H and O–H groups in total. The Balaban J connectivity index is 1.87. The van der Waals surface area contributed by atoms with Crippen LogP contribution < -0.4 is 16.4 Å². The number of aliphatic imine (C=N–C) groups is 1. The van der Waals surface area contributed by atoms with Crippen LogP contribution in [-0.4, -0.2) is 49.5 Å². The highest BCUT2D eigenvalue weighted by molar-refractivity contribution is 6.30. The number of carbonyl (C=O) groups excluding carboxylic acids is 1. The second-order valence-corrected chi connectivity index (χ2v) is 5.02. The Bertz CT molecular complexity index is 490. The molecule has 1 saturated heterocycles. The predicted octanol–water partition coefficient (Wildman–Crippen LogP) is 0.262. The number of carbonyl (C=O) groups is 1. The van der Waals surface area contributed by atoms with Gasteiger partial charge in [0.2, 0.25) is 5.91 Å². The molecule has 7 heteroatoms. The Hall–Kier alpha value is -1.95. The molecule has 1 aromatic carbocycles. The first-order valence-corrected chi connectivity index (χ1v) is 6.78. The van der Waals surface area contributed by atoms with Gasteiger partial charge in [-0.2, -0.15) is 0 Å². The molecule has 0 radical (unpaired) electrons. The van der Waals surface area contributed by atoms with E-state index in [1.807, 2.05) is 24.3 Å². The van der Waals surface area contributed by atoms with Crippen molar-refractivity contribution in [1.82, 2.24) is 4.90 Å². The van der Waals surface area contributed by atoms with Gasteiger partial charge in [0.05, 0.1) is 0 Å². The number of piperazine rings is 1. The summed E-state index contributed by atoms with van der Waals surface area (Å²) in [5, 5.41) is 0.722. The van der Waals surface area contributed by atoms with Crippen molar-refractivity contribution in [2.45, 2.75) is 0 Å². The smallest absolute Gasteiger partial charge is 0.244 e. The fourth-order valence-electron chi connectivity index (χ4n) is 2.12. The second kappa shape index (κ2) is 6.47. The third-order valence-electron chi connectivity index (χ3n) is 3.22. The summed E-state index contributed by atoms with van der Waals surface area (Å²) in [6.45, 7) is 2.93. The maximum absolute atomic E-state index is 11.9. The molecular weight excluding hydrogens is 278 g/mol. The molecule has 1 aliphatic heterocycles. The number of guanidine groups is 1. The van der Waals surface area contributed by atoms with E-state index in [0.29, 0.717) is 13.1 Å². The zero-order valence-electron chi connectivity index (χ0n) is 11.1. The second-order valence-electron chi connectivity index (χ2n) is 4.59. The van der Waals surface area contributed by atoms with E-state index in [9.17, 15) is 4.79 Å². The summed E-state index contributed by atoms with van der Waals surface area (Å²) in [7, 11) is 0. The number of nitrogens with zero attached hydrogens (tertiary/aromatic N) is 3. The fourth-order valence-corrected chi connectivity index (χ4v) is 2.25. The minimum absolute atomic E-state index is 0.0171. The molecule has 1 aromatic rings. The van der Waals surface area contributed by atoms with Crippen molar-refractivity contribution in [3.63, 3.8) is 0 Å². The van der Waals surface area contributed by atoms with E-state index in [2.05, 4.69) is 9.89 Å². The number of benzene rings is 1. The highest BCUT2D eigenvalue weighted by Crippen LogP contribution is 2.19. The average molecular weight is 296 g/mol. The topological polar surface area (TPSA) is 87.9 Å². The monoisotopic (exact) mass is 295 g/mol. The van der Waals surface area contributed by atoms with Crippen molar-refractivity contribution in [3.05, 3.63) is 29.3 Å². The van der Waals surface area contributed by atoms with Crippen LogP contribution in [0.2, 0.25) is 5.02 Å². The Morgan fingerprint density at radius 2 is 1.75 bits per heavy atom. The Labute approximate surface area is 123 Å². The van der Waals surface area contributed by atoms with Crippen LogP contribution in [0.1, 0.15) is 0 Å². The van der Waals surface area contributed by atoms with Gasteiger partial charge in [0, 0.05) is 36.9 Å². The fraction of sp³-hybridized carbons (Fsp3) is 0.385. The maximum Gasteiger partial charge on any atom is 0.244 e. The van der Waals surface area contributed by atoms with Gasteiger partial charge in [0.15, 0.2) is 5.96 Å². The number of anilines is 1. The molecule has 0 aliphatic carbocycles. The average Bonchev–Trinajstić information content (AvgIpc) is 2.46. The van der Waals surface area contributed by atoms with E-state index in [4.69, 9.17) is 23.1 Å². The Morgan fingerprint density at radius 3 is 2.30 bits per heavy atom. The van der Waals surface area contributed by atoms with E-state index in [1.165, 1.54) is 0 Å². The zero-order valence-corrected chi connectivity index (χ0v) is 11.9. The van der Waals surface area contributed by atoms with Gasteiger partial charge in [-0.1, -0.05) is 11.6 Å². The first-order chi connectivity index (χ1) is 9.56. The molecule has 6 nitrogen and oxygen atoms in total. The molecular formula is C13H18ClN5O. The van der Waals surface area contributed by atoms with E-state index in [-0.39, 0.29) is 18.4 Å². The third kappa shape index (κ3) is 3.77. The lowest BCUT2D eigenvalue weighted by molar-refractivity contribution is -0.129. The van der Waals surface area contributed by atoms with Gasteiger partial charge < -0.3 is 21.3 Å². The molecule has 20 heavy (non-hydrogen) atoms. The van der Waals surface area contributed by atoms with Crippen molar-refractivity contribution in [1.29, 1.82) is 0 Å². The summed E-state index contributed by atoms with van der Waals surface area (Å²) in [5.74, 6) is -0.104. The van der Waals surface area contributed by atoms with Gasteiger partial charge in [0.1, 0.15) is 6.54 Å². The SMILES string of the molecule is NC(N)=NCC(=O)N1CCN(c2ccc(Cl)cc2)CC1. The summed E-state index contributed by atoms with van der Waals surface area (Å²) >= 11 is 5.87. The molecule has 0 bridgehead atoms. The van der Waals surface area contributed by atoms with Gasteiger partial charge in [-0.3, -0.25) is 4.79 Å². The van der Waals surface area contributed by atoms with E-state index < -0.39 is 0 Å². The number of halogens is 1. The van der Waals surface area contributed by atoms with Crippen LogP contribution in [0.3, 0.4) is 0 Å². The standard InChI is InChI=1S/C13H18ClN5O/c14-10-1-3-11(4-2-10)18-5-7-19(8-6-18)12(20)9-17-13(15)16/h1-4H,5-9H2,(H4,15,16,17). The molecule has 1 aliphatic rings. The lowest BCUT2D eigenvalue weighted by atomic mass is 10.2. The van der Waals surface area contributed by atoms with E-state index in [1.54, 1.807) is 4.90 Å². The molecule has 1 heterocycles. The zero-order chi connectivity index (χ0) is 14.5. The van der Waals surface area contributed by atoms with Crippen molar-refractivity contribution >= 4 is 29.2 Å². The van der Waals surface area contributed by atoms with Crippen LogP contribution in [0.4, 0.5) is 5.69 Å². The number of nitrogens with two attached hydrogens (primary N) is 2. The van der Waals surface area contributed by atoms with Crippen LogP contribution in [0.25, 0.3) is 0 Å². The number of amides is 1. The molecule has 0 aromatic heterocycles. The summed E-state index contributed by atoms with van der Waals surface area (Å²) in [5.41, 5.74) is 11.6. The van der Waals surface area contributed by atoms with Gasteiger partial charge in [-0.05, 0) is 24.3 Å². The molecule has 0 spiro atoms. The summed E-state index contributed by atoms with van der Waals surface area (Å²) in [6, 6.07) is 7.71. The van der Waals surface area contributed by atoms with Crippen LogP contribution in [0, 0.1) is 0 Å². The minimum atomic E-state index is -0.0573. The maximum atomic E-state index is 11.9. The number of hydrogen-bond donors (Lipinski definition) is 2. The highest BCUT2D eigenvalue weighted by Gasteiger charge is 2.20. The molecule has 0 atom stereocenters. The molecule has 1 amide bonds. The first-order valence-electron chi connectivity index (χ1n) is 6.40. The highest BCUT2D eigenvalue weighted by atomic mass is 35.5. The first kappa shape index (κ1) is 14.5. The van der Waals surface area contributed by atoms with Crippen LogP contribution in [0.5, 0.6) is 0 Å². The molecule has 108 valence electrons. The summed E-state index contributed by atoms with van der Waals surface area (Å²) in [4.78, 5) is 19.6. The van der Waals surface area contributed by atoms with Gasteiger partial charge in [-0.25, -0.2) is 4.99 Å². The van der Waals surface area contributed by atoms with Crippen molar-refractivity contribution in [2.75, 3.05) is 37.6 Å². The quantitative estimate of drug-likeness (QED) is 0.618. The lowest BCUT2D eigenvalue weighted by Crippen LogP contribution is -2.49. The van der Waals surface area contributed by atoms with Crippen LogP contribution in [0.15, 0.2) is 29.3 Å². The minimum Gasteiger partial charge on any atom is -0.370 e. The summed E-state index contributed by atoms with van der Waals surface area (Å²) in [6.07, 6.45) is 0. The van der Waals surface area contributed by atoms with Crippen LogP contribution in [-0.2, 0) is 4.79 Å². The van der Waals surface area contributed by atoms with E-state index in [0.717, 1.165) is 23.8 Å². The molecule has 1 fully saturated rings. The van der Waals surface area contributed by atoms with Crippen LogP contribution >= 0.6 is 11.6 Å². The Morgan fingerprint density at radius 1 is 1.15 bits per heavy atom. The van der Waals surface area contributed by atoms with Gasteiger partial charge in [-0.15, -0.1) is 0 Å². The summed E-state index contributed by atoms with van der Waals surface area (Å²) < 4.78 is 0. The molecule has 0 unspecified atom stereocenters. The molecule has 0 saturated carbocycles. The van der Waals surface area contributed by atoms with Crippen molar-refractivity contribution in [2.24, 2.45) is 16.5 Å². The lowest BCUT2D eigenvalue weighted by Gasteiger charge is -2.36. The predicted molar refractivity (Wildman–Crippen MR) is 80.9 cm³/mol. The normalized spacial score (nSPS) is 15.1. The number of rotatable bonds is 3. The van der Waals surface area contributed by atoms with E-state index >= 15 is 0 Å². The van der Waals surface area contributed by atoms with Gasteiger partial charge in [0.25, 0.3) is 0 Å². The van der Waals surface area contributed by atoms with Gasteiger partial charge >= 0.3 is 0 Å². The van der Waals surface area contributed by atoms with Crippen molar-refractivity contribution < 1.29 is 4.79 Å². The number of hydrogen-bond acceptors (Lipinski definition) is 3. The largest absolute Gasteiger partial charge is 0.370 e.